The number of methoxy groups -OCH3 is 1. The number of rotatable bonds is 9. The van der Waals surface area contributed by atoms with E-state index in [0.29, 0.717) is 23.6 Å². The third-order valence-electron chi connectivity index (χ3n) is 5.77. The number of carbonyl (C=O) groups excluding carboxylic acids is 3. The van der Waals surface area contributed by atoms with E-state index in [0.717, 1.165) is 10.9 Å². The lowest BCUT2D eigenvalue weighted by atomic mass is 10.1. The van der Waals surface area contributed by atoms with Gasteiger partial charge in [0.1, 0.15) is 24.5 Å². The molecule has 1 amide bonds. The monoisotopic (exact) mass is 521 g/mol. The predicted octanol–water partition coefficient (Wildman–Crippen LogP) is 3.75. The number of aromatic nitrogens is 1. The molecule has 4 rings (SSSR count). The van der Waals surface area contributed by atoms with Crippen molar-refractivity contribution in [1.82, 2.24) is 9.47 Å². The Morgan fingerprint density at radius 1 is 0.973 bits per heavy atom. The molecule has 3 aromatic rings. The lowest BCUT2D eigenvalue weighted by molar-refractivity contribution is -0.144. The lowest BCUT2D eigenvalue weighted by Crippen LogP contribution is -2.35. The average molecular weight is 522 g/mol. The van der Waals surface area contributed by atoms with E-state index in [4.69, 9.17) is 26.4 Å². The number of fused-ring (bicyclic) bond motifs is 1. The molecule has 9 nitrogen and oxygen atoms in total. The van der Waals surface area contributed by atoms with Gasteiger partial charge in [-0.25, -0.2) is 0 Å². The summed E-state index contributed by atoms with van der Waals surface area (Å²) in [5.74, 6) is -0.630. The number of anilines is 1. The quantitative estimate of drug-likeness (QED) is 0.239. The zero-order valence-corrected chi connectivity index (χ0v) is 21.6. The molecule has 1 aliphatic rings. The van der Waals surface area contributed by atoms with Gasteiger partial charge in [0, 0.05) is 22.7 Å². The van der Waals surface area contributed by atoms with E-state index in [1.807, 2.05) is 31.2 Å². The van der Waals surface area contributed by atoms with Crippen molar-refractivity contribution < 1.29 is 28.6 Å². The Morgan fingerprint density at radius 3 is 2.38 bits per heavy atom. The summed E-state index contributed by atoms with van der Waals surface area (Å²) in [7, 11) is 1.28. The molecule has 37 heavy (non-hydrogen) atoms. The van der Waals surface area contributed by atoms with E-state index < -0.39 is 5.97 Å². The first-order chi connectivity index (χ1) is 17.9. The van der Waals surface area contributed by atoms with Crippen LogP contribution in [0.4, 0.5) is 5.69 Å². The second-order valence-electron chi connectivity index (χ2n) is 8.08. The van der Waals surface area contributed by atoms with Gasteiger partial charge in [-0.1, -0.05) is 18.2 Å². The normalized spacial score (nSPS) is 14.5. The van der Waals surface area contributed by atoms with Crippen LogP contribution in [0.25, 0.3) is 17.0 Å². The molecule has 1 fully saturated rings. The van der Waals surface area contributed by atoms with E-state index >= 15 is 0 Å². The second kappa shape index (κ2) is 11.3. The molecule has 0 radical (unpaired) electrons. The number of hydrogen-bond acceptors (Lipinski definition) is 7. The number of benzene rings is 2. The van der Waals surface area contributed by atoms with Gasteiger partial charge in [0.05, 0.1) is 26.0 Å². The Labute approximate surface area is 219 Å². The molecule has 2 heterocycles. The van der Waals surface area contributed by atoms with Crippen LogP contribution >= 0.6 is 12.2 Å². The third kappa shape index (κ3) is 5.34. The number of hydrogen-bond donors (Lipinski definition) is 0. The van der Waals surface area contributed by atoms with E-state index in [1.54, 1.807) is 48.0 Å². The van der Waals surface area contributed by atoms with Crippen molar-refractivity contribution in [1.29, 1.82) is 0 Å². The summed E-state index contributed by atoms with van der Waals surface area (Å²) in [5.41, 5.74) is 2.25. The number of para-hydroxylation sites is 1. The number of ether oxygens (including phenoxy) is 3. The first-order valence-electron chi connectivity index (χ1n) is 11.8. The third-order valence-corrected chi connectivity index (χ3v) is 6.18. The maximum atomic E-state index is 13.7. The fourth-order valence-electron chi connectivity index (χ4n) is 4.13. The average Bonchev–Trinajstić information content (AvgIpc) is 3.34. The first kappa shape index (κ1) is 25.9. The van der Waals surface area contributed by atoms with Gasteiger partial charge in [0.25, 0.3) is 5.91 Å². The summed E-state index contributed by atoms with van der Waals surface area (Å²) in [4.78, 5) is 40.9. The van der Waals surface area contributed by atoms with Crippen LogP contribution in [0.15, 0.2) is 60.4 Å². The van der Waals surface area contributed by atoms with Crippen LogP contribution in [0.1, 0.15) is 19.4 Å². The number of esters is 2. The summed E-state index contributed by atoms with van der Waals surface area (Å²) in [6, 6.07) is 14.5. The van der Waals surface area contributed by atoms with E-state index in [9.17, 15) is 14.4 Å². The molecule has 0 unspecified atom stereocenters. The van der Waals surface area contributed by atoms with Gasteiger partial charge >= 0.3 is 11.9 Å². The molecule has 1 aliphatic heterocycles. The standard InChI is InChI=1S/C27H27N3O6S/c1-4-35-20-12-10-19(11-13-20)30-26(33)23(29(27(30)37)17-24(31)34-3)14-18-15-28(16-25(32)36-5-2)22-9-7-6-8-21(18)22/h6-15H,4-5,16-17H2,1-3H3/b23-14-. The van der Waals surface area contributed by atoms with Crippen molar-refractivity contribution in [2.75, 3.05) is 31.8 Å². The van der Waals surface area contributed by atoms with Crippen molar-refractivity contribution in [2.24, 2.45) is 0 Å². The molecule has 0 N–H and O–H groups in total. The number of thiocarbonyl (C=S) groups is 1. The fraction of sp³-hybridized carbons (Fsp3) is 0.259. The Balaban J connectivity index is 1.77. The van der Waals surface area contributed by atoms with Crippen LogP contribution in [-0.2, 0) is 30.4 Å². The minimum Gasteiger partial charge on any atom is -0.494 e. The summed E-state index contributed by atoms with van der Waals surface area (Å²) in [6.45, 7) is 4.23. The molecule has 2 aromatic carbocycles. The zero-order chi connectivity index (χ0) is 26.5. The van der Waals surface area contributed by atoms with Gasteiger partial charge in [-0.05, 0) is 62.5 Å². The summed E-state index contributed by atoms with van der Waals surface area (Å²) >= 11 is 5.64. The van der Waals surface area contributed by atoms with Crippen LogP contribution in [0.3, 0.4) is 0 Å². The highest BCUT2D eigenvalue weighted by Crippen LogP contribution is 2.32. The molecular formula is C27H27N3O6S. The van der Waals surface area contributed by atoms with E-state index in [1.165, 1.54) is 16.9 Å². The van der Waals surface area contributed by atoms with Gasteiger partial charge < -0.3 is 23.7 Å². The maximum Gasteiger partial charge on any atom is 0.325 e. The van der Waals surface area contributed by atoms with Crippen LogP contribution in [0.5, 0.6) is 5.75 Å². The largest absolute Gasteiger partial charge is 0.494 e. The molecule has 1 aromatic heterocycles. The Kier molecular flexibility index (Phi) is 7.88. The van der Waals surface area contributed by atoms with Gasteiger partial charge in [-0.2, -0.15) is 0 Å². The van der Waals surface area contributed by atoms with Crippen LogP contribution < -0.4 is 9.64 Å². The van der Waals surface area contributed by atoms with Crippen molar-refractivity contribution in [2.45, 2.75) is 20.4 Å². The van der Waals surface area contributed by atoms with Gasteiger partial charge in [-0.15, -0.1) is 0 Å². The van der Waals surface area contributed by atoms with Crippen molar-refractivity contribution in [3.8, 4) is 5.75 Å². The topological polar surface area (TPSA) is 90.3 Å². The SMILES string of the molecule is CCOC(=O)Cn1cc(/C=C2/C(=O)N(c3ccc(OCC)cc3)C(=S)N2CC(=O)OC)c2ccccc21. The van der Waals surface area contributed by atoms with E-state index in [2.05, 4.69) is 0 Å². The smallest absolute Gasteiger partial charge is 0.325 e. The van der Waals surface area contributed by atoms with Crippen molar-refractivity contribution >= 4 is 57.8 Å². The molecule has 10 heteroatoms. The highest BCUT2D eigenvalue weighted by Gasteiger charge is 2.40. The number of carbonyl (C=O) groups is 3. The lowest BCUT2D eigenvalue weighted by Gasteiger charge is -2.19. The summed E-state index contributed by atoms with van der Waals surface area (Å²) in [5, 5.41) is 0.983. The zero-order valence-electron chi connectivity index (χ0n) is 20.8. The van der Waals surface area contributed by atoms with Crippen molar-refractivity contribution in [3.05, 3.63) is 66.0 Å². The van der Waals surface area contributed by atoms with E-state index in [-0.39, 0.29) is 42.4 Å². The first-order valence-corrected chi connectivity index (χ1v) is 12.2. The number of nitrogens with zero attached hydrogens (tertiary/aromatic N) is 3. The fourth-order valence-corrected chi connectivity index (χ4v) is 4.48. The predicted molar refractivity (Wildman–Crippen MR) is 143 cm³/mol. The minimum absolute atomic E-state index is 0.0219. The molecule has 0 spiro atoms. The van der Waals surface area contributed by atoms with Crippen molar-refractivity contribution in [3.63, 3.8) is 0 Å². The van der Waals surface area contributed by atoms with Crippen LogP contribution in [0, 0.1) is 0 Å². The molecular weight excluding hydrogens is 494 g/mol. The minimum atomic E-state index is -0.542. The second-order valence-corrected chi connectivity index (χ2v) is 8.44. The Hall–Kier alpha value is -4.18. The van der Waals surface area contributed by atoms with Gasteiger partial charge in [0.2, 0.25) is 0 Å². The molecule has 192 valence electrons. The van der Waals surface area contributed by atoms with Crippen LogP contribution in [-0.4, -0.2) is 59.3 Å². The molecule has 1 saturated heterocycles. The van der Waals surface area contributed by atoms with Gasteiger partial charge in [-0.3, -0.25) is 19.3 Å². The number of amides is 1. The molecule has 0 aliphatic carbocycles. The summed E-state index contributed by atoms with van der Waals surface area (Å²) < 4.78 is 17.2. The molecule has 0 bridgehead atoms. The highest BCUT2D eigenvalue weighted by molar-refractivity contribution is 7.80. The Morgan fingerprint density at radius 2 is 1.70 bits per heavy atom. The molecule has 0 atom stereocenters. The highest BCUT2D eigenvalue weighted by atomic mass is 32.1. The molecule has 0 saturated carbocycles. The van der Waals surface area contributed by atoms with Crippen LogP contribution in [0.2, 0.25) is 0 Å². The summed E-state index contributed by atoms with van der Waals surface area (Å²) in [6.07, 6.45) is 3.46. The maximum absolute atomic E-state index is 13.7. The van der Waals surface area contributed by atoms with Gasteiger partial charge in [0.15, 0.2) is 5.11 Å². The Bertz CT molecular complexity index is 1380.